The number of carbonyl (C=O) groups excluding carboxylic acids is 1. The first kappa shape index (κ1) is 20.2. The molecular weight excluding hydrogens is 384 g/mol. The summed E-state index contributed by atoms with van der Waals surface area (Å²) in [5.41, 5.74) is 1.63. The van der Waals surface area contributed by atoms with Crippen LogP contribution in [0.5, 0.6) is 0 Å². The molecule has 0 atom stereocenters. The Hall–Kier alpha value is -3.04. The molecule has 1 fully saturated rings. The molecule has 4 rings (SSSR count). The Bertz CT molecular complexity index is 1020. The van der Waals surface area contributed by atoms with Gasteiger partial charge in [0.05, 0.1) is 0 Å². The molecule has 0 bridgehead atoms. The van der Waals surface area contributed by atoms with Gasteiger partial charge in [0.15, 0.2) is 6.29 Å². The molecule has 0 radical (unpaired) electrons. The lowest BCUT2D eigenvalue weighted by Crippen LogP contribution is -2.24. The average molecular weight is 410 g/mol. The van der Waals surface area contributed by atoms with Crippen LogP contribution in [0.4, 0.5) is 11.8 Å². The van der Waals surface area contributed by atoms with Crippen LogP contribution in [0.25, 0.3) is 11.0 Å². The smallest absolute Gasteiger partial charge is 0.267 e. The van der Waals surface area contributed by atoms with E-state index in [1.54, 1.807) is 25.4 Å². The Kier molecular flexibility index (Phi) is 5.91. The lowest BCUT2D eigenvalue weighted by Gasteiger charge is -2.20. The predicted octanol–water partition coefficient (Wildman–Crippen LogP) is 2.81. The Labute approximate surface area is 174 Å². The van der Waals surface area contributed by atoms with Gasteiger partial charge < -0.3 is 25.4 Å². The molecule has 9 heteroatoms. The van der Waals surface area contributed by atoms with Gasteiger partial charge in [0.2, 0.25) is 5.95 Å². The zero-order chi connectivity index (χ0) is 21.1. The molecule has 0 saturated heterocycles. The highest BCUT2D eigenvalue weighted by Gasteiger charge is 2.24. The molecule has 1 aliphatic carbocycles. The molecular formula is C21H26N6O3. The van der Waals surface area contributed by atoms with Crippen LogP contribution in [-0.4, -0.2) is 42.7 Å². The summed E-state index contributed by atoms with van der Waals surface area (Å²) in [7, 11) is 1.63. The number of nitrogens with zero attached hydrogens (tertiary/aromatic N) is 4. The van der Waals surface area contributed by atoms with Gasteiger partial charge in [-0.2, -0.15) is 4.98 Å². The summed E-state index contributed by atoms with van der Waals surface area (Å²) >= 11 is 0. The number of aliphatic hydroxyl groups is 2. The number of aliphatic hydroxyl groups excluding tert-OH is 1. The van der Waals surface area contributed by atoms with E-state index in [2.05, 4.69) is 25.2 Å². The maximum atomic E-state index is 12.5. The Morgan fingerprint density at radius 1 is 1.13 bits per heavy atom. The number of rotatable bonds is 5. The van der Waals surface area contributed by atoms with E-state index in [4.69, 9.17) is 4.98 Å². The Morgan fingerprint density at radius 2 is 1.90 bits per heavy atom. The molecule has 3 heterocycles. The monoisotopic (exact) mass is 410 g/mol. The standard InChI is InChI=1S/C21H26N6O3/c1-22-19(28)16-10-14-12-24-21(25-17-9-8-13(11-23-17)20(29)30)26-18(14)27(16)15-6-4-2-3-5-7-15/h8-12,15,20,29-30H,2-7H2,1H3,(H,22,28)(H,23,24,25,26). The van der Waals surface area contributed by atoms with Crippen molar-refractivity contribution in [2.75, 3.05) is 12.4 Å². The minimum absolute atomic E-state index is 0.133. The third-order valence-corrected chi connectivity index (χ3v) is 5.55. The highest BCUT2D eigenvalue weighted by atomic mass is 16.5. The SMILES string of the molecule is CNC(=O)c1cc2cnc(Nc3ccc(C(O)O)cn3)nc2n1C1CCCCCC1. The number of hydrogen-bond donors (Lipinski definition) is 4. The first-order valence-electron chi connectivity index (χ1n) is 10.3. The van der Waals surface area contributed by atoms with Crippen LogP contribution in [0, 0.1) is 0 Å². The number of nitrogens with one attached hydrogen (secondary N) is 2. The van der Waals surface area contributed by atoms with Crippen molar-refractivity contribution in [1.82, 2.24) is 24.8 Å². The number of fused-ring (bicyclic) bond motifs is 1. The molecule has 1 amide bonds. The van der Waals surface area contributed by atoms with Gasteiger partial charge in [-0.25, -0.2) is 9.97 Å². The summed E-state index contributed by atoms with van der Waals surface area (Å²) < 4.78 is 2.06. The Morgan fingerprint density at radius 3 is 2.53 bits per heavy atom. The van der Waals surface area contributed by atoms with E-state index in [0.29, 0.717) is 23.0 Å². The summed E-state index contributed by atoms with van der Waals surface area (Å²) in [5, 5.41) is 25.0. The van der Waals surface area contributed by atoms with Crippen LogP contribution >= 0.6 is 0 Å². The van der Waals surface area contributed by atoms with E-state index in [1.165, 1.54) is 19.0 Å². The van der Waals surface area contributed by atoms with Crippen LogP contribution in [0.2, 0.25) is 0 Å². The fraction of sp³-hybridized carbons (Fsp3) is 0.429. The average Bonchev–Trinajstić information content (AvgIpc) is 2.93. The third-order valence-electron chi connectivity index (χ3n) is 5.55. The van der Waals surface area contributed by atoms with Gasteiger partial charge in [0.25, 0.3) is 5.91 Å². The second-order valence-corrected chi connectivity index (χ2v) is 7.57. The molecule has 1 aliphatic rings. The van der Waals surface area contributed by atoms with Gasteiger partial charge in [-0.3, -0.25) is 4.79 Å². The summed E-state index contributed by atoms with van der Waals surface area (Å²) in [6.45, 7) is 0. The number of amides is 1. The van der Waals surface area contributed by atoms with Gasteiger partial charge >= 0.3 is 0 Å². The highest BCUT2D eigenvalue weighted by molar-refractivity contribution is 5.98. The minimum atomic E-state index is -1.56. The molecule has 1 saturated carbocycles. The normalized spacial score (nSPS) is 15.3. The number of pyridine rings is 1. The number of anilines is 2. The van der Waals surface area contributed by atoms with Gasteiger partial charge in [-0.1, -0.05) is 25.7 Å². The first-order valence-corrected chi connectivity index (χ1v) is 10.3. The van der Waals surface area contributed by atoms with Gasteiger partial charge in [-0.15, -0.1) is 0 Å². The molecule has 9 nitrogen and oxygen atoms in total. The molecule has 0 aliphatic heterocycles. The minimum Gasteiger partial charge on any atom is -0.364 e. The van der Waals surface area contributed by atoms with E-state index < -0.39 is 6.29 Å². The summed E-state index contributed by atoms with van der Waals surface area (Å²) in [6.07, 6.45) is 8.28. The van der Waals surface area contributed by atoms with Crippen molar-refractivity contribution in [2.45, 2.75) is 50.9 Å². The number of carbonyl (C=O) groups is 1. The maximum absolute atomic E-state index is 12.5. The topological polar surface area (TPSA) is 125 Å². The molecule has 0 spiro atoms. The molecule has 0 unspecified atom stereocenters. The molecule has 3 aromatic heterocycles. The van der Waals surface area contributed by atoms with Gasteiger partial charge in [-0.05, 0) is 31.0 Å². The van der Waals surface area contributed by atoms with Crippen molar-refractivity contribution in [2.24, 2.45) is 0 Å². The quantitative estimate of drug-likeness (QED) is 0.376. The van der Waals surface area contributed by atoms with E-state index in [1.807, 2.05) is 6.07 Å². The molecule has 158 valence electrons. The largest absolute Gasteiger partial charge is 0.364 e. The molecule has 0 aromatic carbocycles. The van der Waals surface area contributed by atoms with Crippen LogP contribution in [0.15, 0.2) is 30.6 Å². The Balaban J connectivity index is 1.71. The van der Waals surface area contributed by atoms with E-state index in [-0.39, 0.29) is 11.9 Å². The second-order valence-electron chi connectivity index (χ2n) is 7.57. The lowest BCUT2D eigenvalue weighted by molar-refractivity contribution is -0.0427. The third kappa shape index (κ3) is 4.12. The van der Waals surface area contributed by atoms with E-state index >= 15 is 0 Å². The fourth-order valence-corrected chi connectivity index (χ4v) is 4.00. The number of aromatic nitrogens is 4. The van der Waals surface area contributed by atoms with E-state index in [9.17, 15) is 15.0 Å². The van der Waals surface area contributed by atoms with E-state index in [0.717, 1.165) is 36.7 Å². The van der Waals surface area contributed by atoms with Gasteiger partial charge in [0, 0.05) is 36.4 Å². The molecule has 30 heavy (non-hydrogen) atoms. The lowest BCUT2D eigenvalue weighted by atomic mass is 10.1. The van der Waals surface area contributed by atoms with Crippen molar-refractivity contribution < 1.29 is 15.0 Å². The fourth-order valence-electron chi connectivity index (χ4n) is 4.00. The van der Waals surface area contributed by atoms with Crippen LogP contribution in [0.3, 0.4) is 0 Å². The van der Waals surface area contributed by atoms with Crippen LogP contribution in [-0.2, 0) is 0 Å². The van der Waals surface area contributed by atoms with Crippen molar-refractivity contribution in [3.05, 3.63) is 41.9 Å². The number of hydrogen-bond acceptors (Lipinski definition) is 7. The van der Waals surface area contributed by atoms with Gasteiger partial charge in [0.1, 0.15) is 17.2 Å². The van der Waals surface area contributed by atoms with Crippen molar-refractivity contribution in [3.8, 4) is 0 Å². The highest BCUT2D eigenvalue weighted by Crippen LogP contribution is 2.32. The van der Waals surface area contributed by atoms with Crippen LogP contribution < -0.4 is 10.6 Å². The zero-order valence-electron chi connectivity index (χ0n) is 16.9. The predicted molar refractivity (Wildman–Crippen MR) is 112 cm³/mol. The van der Waals surface area contributed by atoms with Crippen molar-refractivity contribution >= 4 is 28.7 Å². The zero-order valence-corrected chi connectivity index (χ0v) is 16.9. The van der Waals surface area contributed by atoms with Crippen LogP contribution in [0.1, 0.15) is 66.9 Å². The second kappa shape index (κ2) is 8.76. The van der Waals surface area contributed by atoms with Crippen molar-refractivity contribution in [3.63, 3.8) is 0 Å². The first-order chi connectivity index (χ1) is 14.6. The molecule has 3 aromatic rings. The molecule has 4 N–H and O–H groups in total. The summed E-state index contributed by atoms with van der Waals surface area (Å²) in [6, 6.07) is 5.26. The summed E-state index contributed by atoms with van der Waals surface area (Å²) in [4.78, 5) is 25.8. The maximum Gasteiger partial charge on any atom is 0.267 e. The van der Waals surface area contributed by atoms with Crippen molar-refractivity contribution in [1.29, 1.82) is 0 Å². The summed E-state index contributed by atoms with van der Waals surface area (Å²) in [5.74, 6) is 0.716.